The van der Waals surface area contributed by atoms with Crippen molar-refractivity contribution < 1.29 is 19.4 Å². The molecule has 0 aliphatic carbocycles. The number of hydrogen-bond acceptors (Lipinski definition) is 5. The molecule has 204 valence electrons. The van der Waals surface area contributed by atoms with E-state index in [2.05, 4.69) is 30.1 Å². The zero-order valence-electron chi connectivity index (χ0n) is 23.3. The van der Waals surface area contributed by atoms with Gasteiger partial charge in [0.15, 0.2) is 0 Å². The lowest BCUT2D eigenvalue weighted by Crippen LogP contribution is -2.27. The van der Waals surface area contributed by atoms with Gasteiger partial charge in [-0.1, -0.05) is 45.4 Å². The normalized spacial score (nSPS) is 14.3. The zero-order valence-corrected chi connectivity index (χ0v) is 24.1. The van der Waals surface area contributed by atoms with Crippen molar-refractivity contribution in [1.29, 1.82) is 0 Å². The average Bonchev–Trinajstić information content (AvgIpc) is 3.42. The molecule has 1 aromatic heterocycles. The van der Waals surface area contributed by atoms with E-state index in [9.17, 15) is 14.7 Å². The molecule has 3 aromatic rings. The van der Waals surface area contributed by atoms with Crippen molar-refractivity contribution in [3.05, 3.63) is 57.6 Å². The Morgan fingerprint density at radius 3 is 2.47 bits per heavy atom. The molecule has 1 amide bonds. The van der Waals surface area contributed by atoms with E-state index in [0.717, 1.165) is 30.6 Å². The van der Waals surface area contributed by atoms with Gasteiger partial charge in [-0.15, -0.1) is 0 Å². The number of aromatic nitrogens is 1. The number of nitrogens with zero attached hydrogens (tertiary/aromatic N) is 2. The lowest BCUT2D eigenvalue weighted by Gasteiger charge is -2.23. The van der Waals surface area contributed by atoms with Gasteiger partial charge in [-0.2, -0.15) is 0 Å². The minimum atomic E-state index is -0.831. The summed E-state index contributed by atoms with van der Waals surface area (Å²) in [5.41, 5.74) is 3.76. The number of aliphatic hydroxyl groups excluding tert-OH is 1. The van der Waals surface area contributed by atoms with Crippen LogP contribution in [0.1, 0.15) is 81.6 Å². The Hall–Kier alpha value is -2.87. The maximum atomic E-state index is 13.6. The minimum absolute atomic E-state index is 0.0946. The van der Waals surface area contributed by atoms with Gasteiger partial charge in [0.2, 0.25) is 0 Å². The number of carbonyl (C=O) groups is 2. The molecular formula is C30H38ClN3O4. The SMILES string of the molecule is CCN(CC)Cc1ccc2c(c1)cc(-c1cc(C(O)C(C)C)c(Cl)c3c1C(=O)NC3)n2C(=O)OC(C)(C)C. The summed E-state index contributed by atoms with van der Waals surface area (Å²) in [7, 11) is 0. The van der Waals surface area contributed by atoms with Crippen LogP contribution in [0.4, 0.5) is 4.79 Å². The average molecular weight is 540 g/mol. The molecule has 0 saturated carbocycles. The van der Waals surface area contributed by atoms with Crippen molar-refractivity contribution in [2.24, 2.45) is 5.92 Å². The number of aliphatic hydroxyl groups is 1. The van der Waals surface area contributed by atoms with Gasteiger partial charge in [-0.05, 0) is 69.6 Å². The van der Waals surface area contributed by atoms with Gasteiger partial charge in [-0.3, -0.25) is 9.69 Å². The summed E-state index contributed by atoms with van der Waals surface area (Å²) in [6, 6.07) is 9.71. The van der Waals surface area contributed by atoms with Gasteiger partial charge < -0.3 is 15.2 Å². The summed E-state index contributed by atoms with van der Waals surface area (Å²) in [5, 5.41) is 15.1. The summed E-state index contributed by atoms with van der Waals surface area (Å²) in [6.07, 6.45) is -1.37. The number of amides is 1. The molecule has 2 aromatic carbocycles. The molecule has 0 radical (unpaired) electrons. The molecule has 38 heavy (non-hydrogen) atoms. The molecule has 0 bridgehead atoms. The van der Waals surface area contributed by atoms with Crippen LogP contribution in [0.3, 0.4) is 0 Å². The summed E-state index contributed by atoms with van der Waals surface area (Å²) >= 11 is 6.73. The van der Waals surface area contributed by atoms with Gasteiger partial charge in [0, 0.05) is 35.2 Å². The number of carbonyl (C=O) groups excluding carboxylic acids is 2. The van der Waals surface area contributed by atoms with Crippen LogP contribution in [0.2, 0.25) is 5.02 Å². The van der Waals surface area contributed by atoms with E-state index in [-0.39, 0.29) is 18.4 Å². The predicted octanol–water partition coefficient (Wildman–Crippen LogP) is 6.52. The second-order valence-electron chi connectivity index (χ2n) is 11.3. The highest BCUT2D eigenvalue weighted by Crippen LogP contribution is 2.42. The summed E-state index contributed by atoms with van der Waals surface area (Å²) in [4.78, 5) is 29.0. The Balaban J connectivity index is 2.00. The first kappa shape index (κ1) is 28.1. The Morgan fingerprint density at radius 1 is 1.18 bits per heavy atom. The van der Waals surface area contributed by atoms with Crippen LogP contribution < -0.4 is 5.32 Å². The molecule has 1 aliphatic heterocycles. The molecule has 1 aliphatic rings. The molecule has 2 N–H and O–H groups in total. The van der Waals surface area contributed by atoms with Crippen molar-refractivity contribution in [2.75, 3.05) is 13.1 Å². The van der Waals surface area contributed by atoms with Crippen molar-refractivity contribution in [2.45, 2.75) is 73.3 Å². The van der Waals surface area contributed by atoms with E-state index >= 15 is 0 Å². The Morgan fingerprint density at radius 2 is 1.87 bits per heavy atom. The number of hydrogen-bond donors (Lipinski definition) is 2. The molecule has 8 heteroatoms. The van der Waals surface area contributed by atoms with Crippen LogP contribution in [0.15, 0.2) is 30.3 Å². The highest BCUT2D eigenvalue weighted by atomic mass is 35.5. The monoisotopic (exact) mass is 539 g/mol. The number of nitrogens with one attached hydrogen (secondary N) is 1. The van der Waals surface area contributed by atoms with Crippen molar-refractivity contribution >= 4 is 34.5 Å². The largest absolute Gasteiger partial charge is 0.443 e. The number of halogens is 1. The molecular weight excluding hydrogens is 502 g/mol. The van der Waals surface area contributed by atoms with E-state index in [1.807, 2.05) is 52.8 Å². The van der Waals surface area contributed by atoms with E-state index in [0.29, 0.717) is 38.5 Å². The first-order chi connectivity index (χ1) is 17.9. The molecule has 4 rings (SSSR count). The van der Waals surface area contributed by atoms with E-state index in [1.165, 1.54) is 4.57 Å². The van der Waals surface area contributed by atoms with Gasteiger partial charge >= 0.3 is 6.09 Å². The summed E-state index contributed by atoms with van der Waals surface area (Å²) in [5.74, 6) is -0.353. The lowest BCUT2D eigenvalue weighted by atomic mass is 9.91. The molecule has 7 nitrogen and oxygen atoms in total. The van der Waals surface area contributed by atoms with Crippen LogP contribution in [-0.4, -0.2) is 45.3 Å². The Labute approximate surface area is 229 Å². The van der Waals surface area contributed by atoms with E-state index < -0.39 is 17.8 Å². The third kappa shape index (κ3) is 5.33. The van der Waals surface area contributed by atoms with Crippen molar-refractivity contribution in [3.63, 3.8) is 0 Å². The molecule has 1 atom stereocenters. The lowest BCUT2D eigenvalue weighted by molar-refractivity contribution is 0.0547. The zero-order chi connectivity index (χ0) is 27.9. The topological polar surface area (TPSA) is 83.8 Å². The standard InChI is InChI=1S/C30H38ClN3O4/c1-8-33(9-2)16-18-10-11-23-19(12-18)13-24(34(23)29(37)38-30(5,6)7)20-14-21(27(35)17(3)4)26(31)22-15-32-28(36)25(20)22/h10-14,17,27,35H,8-9,15-16H2,1-7H3,(H,32,36). The first-order valence-electron chi connectivity index (χ1n) is 13.3. The highest BCUT2D eigenvalue weighted by molar-refractivity contribution is 6.33. The first-order valence-corrected chi connectivity index (χ1v) is 13.7. The molecule has 1 unspecified atom stereocenters. The maximum Gasteiger partial charge on any atom is 0.419 e. The van der Waals surface area contributed by atoms with E-state index in [1.54, 1.807) is 6.07 Å². The van der Waals surface area contributed by atoms with Crippen LogP contribution >= 0.6 is 11.6 Å². The van der Waals surface area contributed by atoms with Gasteiger partial charge in [0.1, 0.15) is 5.60 Å². The molecule has 0 saturated heterocycles. The van der Waals surface area contributed by atoms with Crippen molar-refractivity contribution in [1.82, 2.24) is 14.8 Å². The second kappa shape index (κ2) is 10.7. The predicted molar refractivity (Wildman–Crippen MR) is 152 cm³/mol. The third-order valence-corrected chi connectivity index (χ3v) is 7.46. The fourth-order valence-electron chi connectivity index (χ4n) is 4.97. The fourth-order valence-corrected chi connectivity index (χ4v) is 5.30. The van der Waals surface area contributed by atoms with Gasteiger partial charge in [-0.25, -0.2) is 9.36 Å². The number of rotatable bonds is 7. The van der Waals surface area contributed by atoms with Crippen LogP contribution in [0.25, 0.3) is 22.2 Å². The Kier molecular flexibility index (Phi) is 7.94. The highest BCUT2D eigenvalue weighted by Gasteiger charge is 2.33. The van der Waals surface area contributed by atoms with Crippen LogP contribution in [-0.2, 0) is 17.8 Å². The quantitative estimate of drug-likeness (QED) is 0.357. The summed E-state index contributed by atoms with van der Waals surface area (Å²) < 4.78 is 7.34. The van der Waals surface area contributed by atoms with Gasteiger partial charge in [0.25, 0.3) is 5.91 Å². The minimum Gasteiger partial charge on any atom is -0.443 e. The molecule has 0 spiro atoms. The molecule has 0 fully saturated rings. The van der Waals surface area contributed by atoms with Gasteiger partial charge in [0.05, 0.1) is 27.9 Å². The van der Waals surface area contributed by atoms with E-state index in [4.69, 9.17) is 16.3 Å². The van der Waals surface area contributed by atoms with Crippen molar-refractivity contribution in [3.8, 4) is 11.3 Å². The number of ether oxygens (including phenoxy) is 1. The Bertz CT molecular complexity index is 1380. The summed E-state index contributed by atoms with van der Waals surface area (Å²) in [6.45, 7) is 16.5. The number of fused-ring (bicyclic) bond motifs is 2. The molecule has 2 heterocycles. The smallest absolute Gasteiger partial charge is 0.419 e. The third-order valence-electron chi connectivity index (χ3n) is 7.01. The van der Waals surface area contributed by atoms with Crippen LogP contribution in [0, 0.1) is 5.92 Å². The maximum absolute atomic E-state index is 13.6. The fraction of sp³-hybridized carbons (Fsp3) is 0.467. The second-order valence-corrected chi connectivity index (χ2v) is 11.6. The van der Waals surface area contributed by atoms with Crippen LogP contribution in [0.5, 0.6) is 0 Å². The number of benzene rings is 2.